The molecule has 1 amide bonds. The number of pyridine rings is 1. The first-order chi connectivity index (χ1) is 10.1. The van der Waals surface area contributed by atoms with E-state index in [0.717, 1.165) is 23.1 Å². The molecule has 0 aliphatic heterocycles. The Balaban J connectivity index is 1.68. The lowest BCUT2D eigenvalue weighted by Crippen LogP contribution is -2.25. The first-order valence-corrected chi connectivity index (χ1v) is 7.71. The molecule has 0 fully saturated rings. The molecule has 0 aliphatic carbocycles. The second-order valence-corrected chi connectivity index (χ2v) is 5.71. The number of nitrogens with zero attached hydrogens (tertiary/aromatic N) is 1. The van der Waals surface area contributed by atoms with Gasteiger partial charge in [-0.2, -0.15) is 0 Å². The third-order valence-corrected chi connectivity index (χ3v) is 3.54. The summed E-state index contributed by atoms with van der Waals surface area (Å²) in [6, 6.07) is 10.9. The number of amides is 1. The molecule has 0 unspecified atom stereocenters. The molecule has 1 aromatic heterocycles. The molecule has 2 N–H and O–H groups in total. The Morgan fingerprint density at radius 3 is 2.67 bits per heavy atom. The summed E-state index contributed by atoms with van der Waals surface area (Å²) in [5.41, 5.74) is 1.58. The molecule has 0 bridgehead atoms. The summed E-state index contributed by atoms with van der Waals surface area (Å²) < 4.78 is 0.958. The van der Waals surface area contributed by atoms with E-state index in [2.05, 4.69) is 31.5 Å². The number of hydrogen-bond donors (Lipinski definition) is 2. The number of aromatic nitrogens is 1. The molecule has 0 radical (unpaired) electrons. The summed E-state index contributed by atoms with van der Waals surface area (Å²) in [7, 11) is 0. The van der Waals surface area contributed by atoms with E-state index in [1.807, 2.05) is 18.2 Å². The van der Waals surface area contributed by atoms with Gasteiger partial charge in [0.2, 0.25) is 0 Å². The first-order valence-electron chi connectivity index (χ1n) is 6.54. The summed E-state index contributed by atoms with van der Waals surface area (Å²) in [6.45, 7) is 1.36. The van der Waals surface area contributed by atoms with Crippen LogP contribution in [0.25, 0.3) is 0 Å². The average Bonchev–Trinajstić information content (AvgIpc) is 2.47. The van der Waals surface area contributed by atoms with Gasteiger partial charge in [0.1, 0.15) is 5.15 Å². The molecule has 1 heterocycles. The van der Waals surface area contributed by atoms with E-state index < -0.39 is 0 Å². The Labute approximate surface area is 137 Å². The number of nitrogens with one attached hydrogen (secondary N) is 2. The Bertz CT molecular complexity index is 604. The standard InChI is InChI=1S/C15H15BrClN3O/c16-12-4-2-11(3-5-12)15(21)20-8-1-7-18-13-6-9-19-14(17)10-13/h2-6,9-10H,1,7-8H2,(H,18,19)(H,20,21). The molecule has 0 spiro atoms. The van der Waals surface area contributed by atoms with Crippen LogP contribution in [0, 0.1) is 0 Å². The second-order valence-electron chi connectivity index (χ2n) is 4.41. The van der Waals surface area contributed by atoms with Crippen LogP contribution in [0.5, 0.6) is 0 Å². The number of halogens is 2. The molecule has 6 heteroatoms. The minimum atomic E-state index is -0.0607. The number of carbonyl (C=O) groups is 1. The van der Waals surface area contributed by atoms with Crippen LogP contribution in [-0.2, 0) is 0 Å². The maximum atomic E-state index is 11.9. The van der Waals surface area contributed by atoms with Crippen molar-refractivity contribution in [1.29, 1.82) is 0 Å². The van der Waals surface area contributed by atoms with Gasteiger partial charge in [-0.1, -0.05) is 27.5 Å². The van der Waals surface area contributed by atoms with Gasteiger partial charge in [-0.15, -0.1) is 0 Å². The topological polar surface area (TPSA) is 54.0 Å². The third-order valence-electron chi connectivity index (χ3n) is 2.80. The highest BCUT2D eigenvalue weighted by atomic mass is 79.9. The van der Waals surface area contributed by atoms with Crippen LogP contribution in [0.4, 0.5) is 5.69 Å². The summed E-state index contributed by atoms with van der Waals surface area (Å²) in [5, 5.41) is 6.57. The highest BCUT2D eigenvalue weighted by Crippen LogP contribution is 2.12. The van der Waals surface area contributed by atoms with Crippen molar-refractivity contribution in [2.75, 3.05) is 18.4 Å². The van der Waals surface area contributed by atoms with Crippen LogP contribution in [0.1, 0.15) is 16.8 Å². The lowest BCUT2D eigenvalue weighted by molar-refractivity contribution is 0.0953. The molecular formula is C15H15BrClN3O. The molecule has 2 aromatic rings. The SMILES string of the molecule is O=C(NCCCNc1ccnc(Cl)c1)c1ccc(Br)cc1. The van der Waals surface area contributed by atoms with Crippen molar-refractivity contribution in [1.82, 2.24) is 10.3 Å². The van der Waals surface area contributed by atoms with Crippen molar-refractivity contribution < 1.29 is 4.79 Å². The van der Waals surface area contributed by atoms with Crippen LogP contribution < -0.4 is 10.6 Å². The Morgan fingerprint density at radius 2 is 1.95 bits per heavy atom. The van der Waals surface area contributed by atoms with Gasteiger partial charge in [0.15, 0.2) is 0 Å². The zero-order chi connectivity index (χ0) is 15.1. The number of benzene rings is 1. The fraction of sp³-hybridized carbons (Fsp3) is 0.200. The molecule has 0 saturated carbocycles. The van der Waals surface area contributed by atoms with Gasteiger partial charge in [0.05, 0.1) is 0 Å². The molecular weight excluding hydrogens is 354 g/mol. The fourth-order valence-corrected chi connectivity index (χ4v) is 2.18. The van der Waals surface area contributed by atoms with Crippen LogP contribution >= 0.6 is 27.5 Å². The average molecular weight is 369 g/mol. The minimum absolute atomic E-state index is 0.0607. The second kappa shape index (κ2) is 8.00. The number of hydrogen-bond acceptors (Lipinski definition) is 3. The van der Waals surface area contributed by atoms with E-state index in [1.165, 1.54) is 0 Å². The lowest BCUT2D eigenvalue weighted by atomic mass is 10.2. The molecule has 0 atom stereocenters. The predicted octanol–water partition coefficient (Wildman–Crippen LogP) is 3.73. The van der Waals surface area contributed by atoms with Crippen LogP contribution in [0.3, 0.4) is 0 Å². The zero-order valence-corrected chi connectivity index (χ0v) is 13.6. The maximum Gasteiger partial charge on any atom is 0.251 e. The van der Waals surface area contributed by atoms with Gasteiger partial charge >= 0.3 is 0 Å². The van der Waals surface area contributed by atoms with E-state index in [-0.39, 0.29) is 5.91 Å². The van der Waals surface area contributed by atoms with Crippen LogP contribution in [0.15, 0.2) is 47.1 Å². The van der Waals surface area contributed by atoms with Crippen molar-refractivity contribution in [2.45, 2.75) is 6.42 Å². The van der Waals surface area contributed by atoms with Crippen molar-refractivity contribution in [3.8, 4) is 0 Å². The largest absolute Gasteiger partial charge is 0.385 e. The highest BCUT2D eigenvalue weighted by Gasteiger charge is 2.03. The predicted molar refractivity (Wildman–Crippen MR) is 88.8 cm³/mol. The smallest absolute Gasteiger partial charge is 0.251 e. The summed E-state index contributed by atoms with van der Waals surface area (Å²) in [5.74, 6) is -0.0607. The van der Waals surface area contributed by atoms with Crippen molar-refractivity contribution in [2.24, 2.45) is 0 Å². The third kappa shape index (κ3) is 5.36. The fourth-order valence-electron chi connectivity index (χ4n) is 1.74. The normalized spacial score (nSPS) is 10.2. The van der Waals surface area contributed by atoms with E-state index in [9.17, 15) is 4.79 Å². The molecule has 0 saturated heterocycles. The maximum absolute atomic E-state index is 11.9. The quantitative estimate of drug-likeness (QED) is 0.603. The first kappa shape index (κ1) is 15.8. The number of carbonyl (C=O) groups excluding carboxylic acids is 1. The van der Waals surface area contributed by atoms with Crippen molar-refractivity contribution in [3.05, 3.63) is 57.8 Å². The van der Waals surface area contributed by atoms with Crippen molar-refractivity contribution >= 4 is 39.1 Å². The van der Waals surface area contributed by atoms with Gasteiger partial charge < -0.3 is 10.6 Å². The number of anilines is 1. The van der Waals surface area contributed by atoms with Gasteiger partial charge in [0.25, 0.3) is 5.91 Å². The monoisotopic (exact) mass is 367 g/mol. The summed E-state index contributed by atoms with van der Waals surface area (Å²) in [4.78, 5) is 15.8. The number of rotatable bonds is 6. The molecule has 1 aromatic carbocycles. The lowest BCUT2D eigenvalue weighted by Gasteiger charge is -2.08. The molecule has 21 heavy (non-hydrogen) atoms. The Kier molecular flexibility index (Phi) is 6.02. The zero-order valence-electron chi connectivity index (χ0n) is 11.3. The molecule has 4 nitrogen and oxygen atoms in total. The highest BCUT2D eigenvalue weighted by molar-refractivity contribution is 9.10. The molecule has 110 valence electrons. The Morgan fingerprint density at radius 1 is 1.19 bits per heavy atom. The van der Waals surface area contributed by atoms with Crippen molar-refractivity contribution in [3.63, 3.8) is 0 Å². The Hall–Kier alpha value is -1.59. The van der Waals surface area contributed by atoms with E-state index in [1.54, 1.807) is 24.4 Å². The van der Waals surface area contributed by atoms with Crippen LogP contribution in [-0.4, -0.2) is 24.0 Å². The molecule has 2 rings (SSSR count). The van der Waals surface area contributed by atoms with Gasteiger partial charge in [-0.3, -0.25) is 4.79 Å². The van der Waals surface area contributed by atoms with E-state index >= 15 is 0 Å². The van der Waals surface area contributed by atoms with Gasteiger partial charge in [-0.25, -0.2) is 4.98 Å². The minimum Gasteiger partial charge on any atom is -0.385 e. The van der Waals surface area contributed by atoms with E-state index in [4.69, 9.17) is 11.6 Å². The molecule has 0 aliphatic rings. The summed E-state index contributed by atoms with van der Waals surface area (Å²) >= 11 is 9.14. The van der Waals surface area contributed by atoms with E-state index in [0.29, 0.717) is 17.3 Å². The van der Waals surface area contributed by atoms with Gasteiger partial charge in [-0.05, 0) is 42.8 Å². The summed E-state index contributed by atoms with van der Waals surface area (Å²) in [6.07, 6.45) is 2.47. The van der Waals surface area contributed by atoms with Crippen LogP contribution in [0.2, 0.25) is 5.15 Å². The van der Waals surface area contributed by atoms with Gasteiger partial charge in [0, 0.05) is 35.0 Å².